The molecule has 0 bridgehead atoms. The first-order chi connectivity index (χ1) is 7.16. The van der Waals surface area contributed by atoms with Crippen molar-refractivity contribution in [2.24, 2.45) is 0 Å². The summed E-state index contributed by atoms with van der Waals surface area (Å²) in [6.45, 7) is 1.89. The van der Waals surface area contributed by atoms with Crippen molar-refractivity contribution < 1.29 is 9.90 Å². The summed E-state index contributed by atoms with van der Waals surface area (Å²) in [5.41, 5.74) is 3.10. The molecule has 0 spiro atoms. The van der Waals surface area contributed by atoms with E-state index in [-0.39, 0.29) is 0 Å². The van der Waals surface area contributed by atoms with Gasteiger partial charge >= 0.3 is 5.97 Å². The highest BCUT2D eigenvalue weighted by molar-refractivity contribution is 5.89. The van der Waals surface area contributed by atoms with Gasteiger partial charge in [-0.2, -0.15) is 0 Å². The summed E-state index contributed by atoms with van der Waals surface area (Å²) in [6, 6.07) is 9.09. The van der Waals surface area contributed by atoms with Crippen LogP contribution in [0, 0.1) is 6.92 Å². The fourth-order valence-electron chi connectivity index (χ4n) is 1.57. The van der Waals surface area contributed by atoms with E-state index in [1.165, 1.54) is 0 Å². The lowest BCUT2D eigenvalue weighted by Gasteiger charge is -2.03. The van der Waals surface area contributed by atoms with Crippen molar-refractivity contribution in [3.63, 3.8) is 0 Å². The van der Waals surface area contributed by atoms with Gasteiger partial charge in [-0.05, 0) is 48.4 Å². The van der Waals surface area contributed by atoms with Crippen molar-refractivity contribution >= 4 is 5.97 Å². The van der Waals surface area contributed by atoms with Gasteiger partial charge in [0.1, 0.15) is 0 Å². The number of hydrogen-bond donors (Lipinski definition) is 2. The number of nitrogens with one attached hydrogen (secondary N) is 1. The smallest absolute Gasteiger partial charge is 0.335 e. The monoisotopic (exact) mass is 201 g/mol. The maximum Gasteiger partial charge on any atom is 0.335 e. The Bertz CT molecular complexity index is 486. The molecule has 0 aliphatic heterocycles. The van der Waals surface area contributed by atoms with Crippen molar-refractivity contribution in [1.29, 1.82) is 0 Å². The third-order valence-electron chi connectivity index (χ3n) is 2.23. The molecule has 0 fully saturated rings. The third-order valence-corrected chi connectivity index (χ3v) is 2.23. The second-order valence-corrected chi connectivity index (χ2v) is 3.48. The molecule has 0 unspecified atom stereocenters. The number of H-pyrrole nitrogens is 1. The minimum absolute atomic E-state index is 0.319. The number of carboxylic acids is 1. The fourth-order valence-corrected chi connectivity index (χ4v) is 1.57. The maximum absolute atomic E-state index is 10.9. The molecule has 0 saturated carbocycles. The Labute approximate surface area is 87.4 Å². The molecule has 0 atom stereocenters. The second-order valence-electron chi connectivity index (χ2n) is 3.48. The van der Waals surface area contributed by atoms with Gasteiger partial charge in [0.05, 0.1) is 5.56 Å². The molecule has 2 rings (SSSR count). The molecule has 0 aliphatic rings. The molecule has 3 heteroatoms. The number of aryl methyl sites for hydroxylation is 1. The Kier molecular flexibility index (Phi) is 2.29. The Hall–Kier alpha value is -2.03. The number of carbonyl (C=O) groups is 1. The van der Waals surface area contributed by atoms with E-state index in [9.17, 15) is 4.79 Å². The summed E-state index contributed by atoms with van der Waals surface area (Å²) in [5, 5.41) is 8.92. The number of carboxylic acid groups (broad SMARTS) is 1. The van der Waals surface area contributed by atoms with E-state index < -0.39 is 5.97 Å². The van der Waals surface area contributed by atoms with Crippen LogP contribution < -0.4 is 0 Å². The molecule has 2 N–H and O–H groups in total. The predicted molar refractivity (Wildman–Crippen MR) is 57.9 cm³/mol. The van der Waals surface area contributed by atoms with Crippen LogP contribution in [-0.2, 0) is 0 Å². The first-order valence-electron chi connectivity index (χ1n) is 4.65. The van der Waals surface area contributed by atoms with Crippen molar-refractivity contribution in [3.05, 3.63) is 47.7 Å². The highest BCUT2D eigenvalue weighted by atomic mass is 16.4. The standard InChI is InChI=1S/C12H11NO2/c1-8-5-9(11-3-2-4-13-11)7-10(6-8)12(14)15/h2-7,13H,1H3,(H,14,15). The van der Waals surface area contributed by atoms with Crippen molar-refractivity contribution in [1.82, 2.24) is 4.98 Å². The number of benzene rings is 1. The Morgan fingerprint density at radius 3 is 2.73 bits per heavy atom. The molecule has 15 heavy (non-hydrogen) atoms. The summed E-state index contributed by atoms with van der Waals surface area (Å²) in [4.78, 5) is 13.9. The van der Waals surface area contributed by atoms with Gasteiger partial charge in [-0.1, -0.05) is 0 Å². The number of hydrogen-bond acceptors (Lipinski definition) is 1. The lowest BCUT2D eigenvalue weighted by Crippen LogP contribution is -1.97. The van der Waals surface area contributed by atoms with Crippen LogP contribution in [0.15, 0.2) is 36.5 Å². The third kappa shape index (κ3) is 1.91. The molecule has 0 saturated heterocycles. The van der Waals surface area contributed by atoms with Gasteiger partial charge in [0.2, 0.25) is 0 Å². The van der Waals surface area contributed by atoms with Crippen LogP contribution in [-0.4, -0.2) is 16.1 Å². The van der Waals surface area contributed by atoms with E-state index in [0.29, 0.717) is 5.56 Å². The zero-order valence-corrected chi connectivity index (χ0v) is 8.32. The van der Waals surface area contributed by atoms with E-state index in [1.807, 2.05) is 31.3 Å². The SMILES string of the molecule is Cc1cc(C(=O)O)cc(-c2ccc[nH]2)c1. The minimum atomic E-state index is -0.897. The van der Waals surface area contributed by atoms with Gasteiger partial charge in [0.25, 0.3) is 0 Å². The van der Waals surface area contributed by atoms with E-state index in [1.54, 1.807) is 12.1 Å². The van der Waals surface area contributed by atoms with Crippen molar-refractivity contribution in [2.75, 3.05) is 0 Å². The molecule has 2 aromatic rings. The fraction of sp³-hybridized carbons (Fsp3) is 0.0833. The first kappa shape index (κ1) is 9.52. The van der Waals surface area contributed by atoms with Gasteiger partial charge in [-0.15, -0.1) is 0 Å². The zero-order chi connectivity index (χ0) is 10.8. The van der Waals surface area contributed by atoms with Crippen LogP contribution in [0.5, 0.6) is 0 Å². The summed E-state index contributed by atoms with van der Waals surface area (Å²) in [5.74, 6) is -0.897. The topological polar surface area (TPSA) is 53.1 Å². The number of rotatable bonds is 2. The molecule has 1 heterocycles. The first-order valence-corrected chi connectivity index (χ1v) is 4.65. The molecule has 1 aromatic carbocycles. The largest absolute Gasteiger partial charge is 0.478 e. The van der Waals surface area contributed by atoms with Crippen LogP contribution in [0.25, 0.3) is 11.3 Å². The molecule has 0 aliphatic carbocycles. The summed E-state index contributed by atoms with van der Waals surface area (Å²) >= 11 is 0. The van der Waals surface area contributed by atoms with Crippen molar-refractivity contribution in [2.45, 2.75) is 6.92 Å². The maximum atomic E-state index is 10.9. The lowest BCUT2D eigenvalue weighted by atomic mass is 10.0. The highest BCUT2D eigenvalue weighted by Gasteiger charge is 2.06. The number of aromatic nitrogens is 1. The Morgan fingerprint density at radius 1 is 1.33 bits per heavy atom. The summed E-state index contributed by atoms with van der Waals surface area (Å²) in [7, 11) is 0. The summed E-state index contributed by atoms with van der Waals surface area (Å²) in [6.07, 6.45) is 1.82. The normalized spacial score (nSPS) is 10.2. The van der Waals surface area contributed by atoms with Gasteiger partial charge in [0.15, 0.2) is 0 Å². The van der Waals surface area contributed by atoms with Crippen LogP contribution in [0.2, 0.25) is 0 Å². The van der Waals surface area contributed by atoms with Crippen LogP contribution >= 0.6 is 0 Å². The zero-order valence-electron chi connectivity index (χ0n) is 8.32. The lowest BCUT2D eigenvalue weighted by molar-refractivity contribution is 0.0697. The molecular weight excluding hydrogens is 190 g/mol. The van der Waals surface area contributed by atoms with Gasteiger partial charge in [0, 0.05) is 11.9 Å². The number of aromatic amines is 1. The second kappa shape index (κ2) is 3.61. The molecule has 3 nitrogen and oxygen atoms in total. The molecular formula is C12H11NO2. The van der Waals surface area contributed by atoms with E-state index in [0.717, 1.165) is 16.8 Å². The van der Waals surface area contributed by atoms with Crippen LogP contribution in [0.4, 0.5) is 0 Å². The van der Waals surface area contributed by atoms with Gasteiger partial charge in [-0.25, -0.2) is 4.79 Å². The van der Waals surface area contributed by atoms with Gasteiger partial charge < -0.3 is 10.1 Å². The molecule has 0 radical (unpaired) electrons. The van der Waals surface area contributed by atoms with E-state index in [4.69, 9.17) is 5.11 Å². The summed E-state index contributed by atoms with van der Waals surface area (Å²) < 4.78 is 0. The Balaban J connectivity index is 2.54. The minimum Gasteiger partial charge on any atom is -0.478 e. The molecule has 76 valence electrons. The average Bonchev–Trinajstić information content (AvgIpc) is 2.69. The average molecular weight is 201 g/mol. The van der Waals surface area contributed by atoms with E-state index >= 15 is 0 Å². The Morgan fingerprint density at radius 2 is 2.13 bits per heavy atom. The van der Waals surface area contributed by atoms with E-state index in [2.05, 4.69) is 4.98 Å². The number of aromatic carboxylic acids is 1. The quantitative estimate of drug-likeness (QED) is 0.784. The molecule has 0 amide bonds. The van der Waals surface area contributed by atoms with Crippen LogP contribution in [0.1, 0.15) is 15.9 Å². The van der Waals surface area contributed by atoms with Gasteiger partial charge in [-0.3, -0.25) is 0 Å². The predicted octanol–water partition coefficient (Wildman–Crippen LogP) is 2.69. The highest BCUT2D eigenvalue weighted by Crippen LogP contribution is 2.20. The van der Waals surface area contributed by atoms with Crippen LogP contribution in [0.3, 0.4) is 0 Å². The van der Waals surface area contributed by atoms with Crippen molar-refractivity contribution in [3.8, 4) is 11.3 Å². The molecule has 1 aromatic heterocycles.